The first-order valence-corrected chi connectivity index (χ1v) is 12.2. The first-order chi connectivity index (χ1) is 13.5. The molecule has 0 amide bonds. The highest BCUT2D eigenvalue weighted by Gasteiger charge is 2.83. The van der Waals surface area contributed by atoms with Gasteiger partial charge in [-0.3, -0.25) is 9.59 Å². The normalized spacial score (nSPS) is 59.6. The van der Waals surface area contributed by atoms with Gasteiger partial charge in [0.05, 0.1) is 0 Å². The lowest BCUT2D eigenvalue weighted by Crippen LogP contribution is -2.57. The maximum absolute atomic E-state index is 12.8. The molecular formula is C26H38O3. The zero-order valence-electron chi connectivity index (χ0n) is 19.0. The van der Waals surface area contributed by atoms with Crippen molar-refractivity contribution in [2.45, 2.75) is 98.5 Å². The first kappa shape index (κ1) is 18.9. The van der Waals surface area contributed by atoms with Crippen LogP contribution < -0.4 is 0 Å². The molecule has 0 bridgehead atoms. The first-order valence-electron chi connectivity index (χ1n) is 12.2. The lowest BCUT2D eigenvalue weighted by atomic mass is 9.42. The monoisotopic (exact) mass is 398 g/mol. The van der Waals surface area contributed by atoms with Gasteiger partial charge in [-0.2, -0.15) is 0 Å². The van der Waals surface area contributed by atoms with Gasteiger partial charge in [0.1, 0.15) is 11.9 Å². The molecule has 0 aromatic heterocycles. The van der Waals surface area contributed by atoms with Crippen molar-refractivity contribution in [3.63, 3.8) is 0 Å². The number of fused-ring (bicyclic) bond motifs is 4. The molecule has 29 heavy (non-hydrogen) atoms. The molecule has 3 heteroatoms. The van der Waals surface area contributed by atoms with E-state index in [2.05, 4.69) is 34.6 Å². The summed E-state index contributed by atoms with van der Waals surface area (Å²) in [4.78, 5) is 25.0. The minimum absolute atomic E-state index is 0.0263. The average molecular weight is 399 g/mol. The molecule has 0 aromatic rings. The van der Waals surface area contributed by atoms with Crippen molar-refractivity contribution in [3.8, 4) is 0 Å². The molecule has 5 aliphatic carbocycles. The van der Waals surface area contributed by atoms with Crippen LogP contribution in [0.4, 0.5) is 0 Å². The number of ether oxygens (including phenoxy) is 1. The van der Waals surface area contributed by atoms with Crippen molar-refractivity contribution in [2.24, 2.45) is 50.7 Å². The van der Waals surface area contributed by atoms with Crippen LogP contribution in [-0.4, -0.2) is 17.9 Å². The Labute approximate surface area is 175 Å². The van der Waals surface area contributed by atoms with Gasteiger partial charge in [-0.1, -0.05) is 34.6 Å². The third-order valence-electron chi connectivity index (χ3n) is 12.3. The number of esters is 1. The molecule has 1 heterocycles. The van der Waals surface area contributed by atoms with Crippen molar-refractivity contribution in [2.75, 3.05) is 0 Å². The maximum atomic E-state index is 12.8. The molecular weight excluding hydrogens is 360 g/mol. The third kappa shape index (κ3) is 1.86. The highest BCUT2D eigenvalue weighted by molar-refractivity contribution is 5.86. The van der Waals surface area contributed by atoms with Crippen LogP contribution in [0.3, 0.4) is 0 Å². The van der Waals surface area contributed by atoms with Crippen molar-refractivity contribution in [3.05, 3.63) is 0 Å². The number of ketones is 1. The van der Waals surface area contributed by atoms with Gasteiger partial charge >= 0.3 is 5.97 Å². The van der Waals surface area contributed by atoms with E-state index >= 15 is 0 Å². The number of carbonyl (C=O) groups is 2. The van der Waals surface area contributed by atoms with Gasteiger partial charge in [-0.05, 0) is 84.4 Å². The molecule has 1 aliphatic heterocycles. The summed E-state index contributed by atoms with van der Waals surface area (Å²) in [5, 5.41) is 0. The van der Waals surface area contributed by atoms with Crippen LogP contribution in [0.15, 0.2) is 0 Å². The minimum atomic E-state index is -0.137. The molecule has 1 saturated heterocycles. The van der Waals surface area contributed by atoms with E-state index < -0.39 is 0 Å². The van der Waals surface area contributed by atoms with Crippen LogP contribution in [0.1, 0.15) is 92.4 Å². The van der Waals surface area contributed by atoms with Crippen LogP contribution in [-0.2, 0) is 14.3 Å². The Balaban J connectivity index is 1.41. The van der Waals surface area contributed by atoms with E-state index in [9.17, 15) is 9.59 Å². The van der Waals surface area contributed by atoms with Crippen molar-refractivity contribution >= 4 is 11.8 Å². The zero-order valence-corrected chi connectivity index (χ0v) is 19.0. The Hall–Kier alpha value is -0.860. The van der Waals surface area contributed by atoms with Gasteiger partial charge in [-0.15, -0.1) is 0 Å². The van der Waals surface area contributed by atoms with E-state index in [0.717, 1.165) is 25.2 Å². The Morgan fingerprint density at radius 3 is 2.34 bits per heavy atom. The fraction of sp³-hybridized carbons (Fsp3) is 0.923. The third-order valence-corrected chi connectivity index (χ3v) is 12.3. The molecule has 0 radical (unpaired) electrons. The molecule has 6 fully saturated rings. The smallest absolute Gasteiger partial charge is 0.306 e. The lowest BCUT2D eigenvalue weighted by Gasteiger charge is -2.62. The number of hydrogen-bond acceptors (Lipinski definition) is 3. The van der Waals surface area contributed by atoms with E-state index in [1.165, 1.54) is 32.1 Å². The molecule has 5 saturated carbocycles. The zero-order chi connectivity index (χ0) is 20.6. The van der Waals surface area contributed by atoms with Gasteiger partial charge in [0, 0.05) is 24.2 Å². The summed E-state index contributed by atoms with van der Waals surface area (Å²) < 4.78 is 6.00. The molecule has 0 aromatic carbocycles. The van der Waals surface area contributed by atoms with E-state index in [1.807, 2.05) is 0 Å². The fourth-order valence-electron chi connectivity index (χ4n) is 11.0. The largest absolute Gasteiger partial charge is 0.462 e. The second kappa shape index (κ2) is 5.13. The van der Waals surface area contributed by atoms with Gasteiger partial charge in [0.25, 0.3) is 0 Å². The summed E-state index contributed by atoms with van der Waals surface area (Å²) in [7, 11) is 0. The van der Waals surface area contributed by atoms with Crippen molar-refractivity contribution in [1.82, 2.24) is 0 Å². The Kier molecular flexibility index (Phi) is 3.34. The van der Waals surface area contributed by atoms with E-state index in [1.54, 1.807) is 0 Å². The minimum Gasteiger partial charge on any atom is -0.462 e. The van der Waals surface area contributed by atoms with Gasteiger partial charge in [-0.25, -0.2) is 0 Å². The molecule has 2 spiro atoms. The molecule has 160 valence electrons. The summed E-state index contributed by atoms with van der Waals surface area (Å²) in [5.41, 5.74) is 1.29. The second-order valence-electron chi connectivity index (χ2n) is 13.1. The molecule has 9 atom stereocenters. The Morgan fingerprint density at radius 1 is 0.897 bits per heavy atom. The summed E-state index contributed by atoms with van der Waals surface area (Å²) in [6, 6.07) is 0. The molecule has 6 aliphatic rings. The van der Waals surface area contributed by atoms with Gasteiger partial charge < -0.3 is 4.74 Å². The van der Waals surface area contributed by atoms with E-state index in [-0.39, 0.29) is 28.3 Å². The summed E-state index contributed by atoms with van der Waals surface area (Å²) in [6.45, 7) is 11.9. The van der Waals surface area contributed by atoms with Crippen molar-refractivity contribution < 1.29 is 14.3 Å². The molecule has 6 rings (SSSR count). The van der Waals surface area contributed by atoms with Crippen LogP contribution in [0.25, 0.3) is 0 Å². The topological polar surface area (TPSA) is 43.4 Å². The molecule has 0 unspecified atom stereocenters. The second-order valence-corrected chi connectivity index (χ2v) is 13.1. The van der Waals surface area contributed by atoms with Crippen molar-refractivity contribution in [1.29, 1.82) is 0 Å². The van der Waals surface area contributed by atoms with Crippen LogP contribution in [0.5, 0.6) is 0 Å². The molecule has 0 N–H and O–H groups in total. The van der Waals surface area contributed by atoms with E-state index in [0.29, 0.717) is 40.8 Å². The van der Waals surface area contributed by atoms with Crippen LogP contribution in [0, 0.1) is 50.7 Å². The Morgan fingerprint density at radius 2 is 1.59 bits per heavy atom. The SMILES string of the molecule is C[C@@H]1CC(=O)O[C@@H]2C[C@@]3(C)[C@@H]4CC[C@@H]5C(C)(C)C(=O)CC[C@]56C[C@]46CC[C@]3(C)[C@@H]12. The predicted molar refractivity (Wildman–Crippen MR) is 111 cm³/mol. The van der Waals surface area contributed by atoms with Crippen LogP contribution >= 0.6 is 0 Å². The number of carbonyl (C=O) groups excluding carboxylic acids is 2. The summed E-state index contributed by atoms with van der Waals surface area (Å²) in [5.74, 6) is 2.83. The average Bonchev–Trinajstić information content (AvgIpc) is 3.23. The summed E-state index contributed by atoms with van der Waals surface area (Å²) >= 11 is 0. The maximum Gasteiger partial charge on any atom is 0.306 e. The number of Topliss-reactive ketones (excluding diaryl/α,β-unsaturated/α-hetero) is 1. The van der Waals surface area contributed by atoms with Crippen LogP contribution in [0.2, 0.25) is 0 Å². The quantitative estimate of drug-likeness (QED) is 0.502. The van der Waals surface area contributed by atoms with Gasteiger partial charge in [0.15, 0.2) is 0 Å². The Bertz CT molecular complexity index is 815. The molecule has 3 nitrogen and oxygen atoms in total. The number of rotatable bonds is 0. The van der Waals surface area contributed by atoms with E-state index in [4.69, 9.17) is 4.74 Å². The predicted octanol–water partition coefficient (Wildman–Crippen LogP) is 5.56. The summed E-state index contributed by atoms with van der Waals surface area (Å²) in [6.07, 6.45) is 10.2. The fourth-order valence-corrected chi connectivity index (χ4v) is 11.0. The standard InChI is InChI=1S/C26H38O3/c1-15-12-20(28)29-16-13-24(5)18-7-6-17-22(2,3)19(27)8-9-25(17)14-26(18,25)11-10-23(24,4)21(15)16/h15-18,21H,6-14H2,1-5H3/t15-,16-,17-,18+,21+,23-,24+,25+,26-/m1/s1. The highest BCUT2D eigenvalue weighted by Crippen LogP contribution is 2.89. The highest BCUT2D eigenvalue weighted by atomic mass is 16.5. The lowest BCUT2D eigenvalue weighted by molar-refractivity contribution is -0.168. The van der Waals surface area contributed by atoms with Gasteiger partial charge in [0.2, 0.25) is 0 Å². The number of hydrogen-bond donors (Lipinski definition) is 0.